The maximum atomic E-state index is 5.56. The number of fused-ring (bicyclic) bond motifs is 2. The fourth-order valence-electron chi connectivity index (χ4n) is 3.45. The van der Waals surface area contributed by atoms with Crippen molar-refractivity contribution < 1.29 is 0 Å². The van der Waals surface area contributed by atoms with Gasteiger partial charge in [0.1, 0.15) is 0 Å². The zero-order valence-electron chi connectivity index (χ0n) is 10.6. The zero-order chi connectivity index (χ0) is 11.5. The molecule has 90 valence electrons. The van der Waals surface area contributed by atoms with E-state index in [9.17, 15) is 0 Å². The molecule has 2 saturated heterocycles. The Morgan fingerprint density at radius 2 is 2.00 bits per heavy atom. The Hall–Kier alpha value is -0.520. The van der Waals surface area contributed by atoms with Crippen molar-refractivity contribution in [3.05, 3.63) is 0 Å². The van der Waals surface area contributed by atoms with Crippen molar-refractivity contribution in [2.45, 2.75) is 70.1 Å². The molecule has 3 atom stereocenters. The molecule has 0 aromatic carbocycles. The maximum absolute atomic E-state index is 5.56. The van der Waals surface area contributed by atoms with E-state index in [-0.39, 0.29) is 0 Å². The third-order valence-corrected chi connectivity index (χ3v) is 4.16. The quantitative estimate of drug-likeness (QED) is 0.729. The van der Waals surface area contributed by atoms with E-state index in [1.807, 2.05) is 0 Å². The molecule has 0 aromatic heterocycles. The van der Waals surface area contributed by atoms with Crippen molar-refractivity contribution in [2.24, 2.45) is 0 Å². The minimum atomic E-state index is 0.324. The lowest BCUT2D eigenvalue weighted by Gasteiger charge is -2.41. The van der Waals surface area contributed by atoms with Crippen LogP contribution in [-0.4, -0.2) is 35.6 Å². The van der Waals surface area contributed by atoms with Crippen LogP contribution in [0.15, 0.2) is 0 Å². The molecule has 0 spiro atoms. The fraction of sp³-hybridized carbons (Fsp3) is 0.857. The summed E-state index contributed by atoms with van der Waals surface area (Å²) in [5.41, 5.74) is 0. The van der Waals surface area contributed by atoms with E-state index in [2.05, 4.69) is 30.0 Å². The molecule has 2 bridgehead atoms. The summed E-state index contributed by atoms with van der Waals surface area (Å²) in [4.78, 5) is 2.59. The SMILES string of the molecule is C#CC(C)N1C2CCC1CC(NCCC)C2. The first-order valence-electron chi connectivity index (χ1n) is 6.73. The molecule has 2 aliphatic rings. The van der Waals surface area contributed by atoms with E-state index in [1.165, 1.54) is 32.1 Å². The third-order valence-electron chi connectivity index (χ3n) is 4.16. The summed E-state index contributed by atoms with van der Waals surface area (Å²) >= 11 is 0. The average Bonchev–Trinajstić information content (AvgIpc) is 2.57. The second-order valence-electron chi connectivity index (χ2n) is 5.30. The Morgan fingerprint density at radius 1 is 1.38 bits per heavy atom. The largest absolute Gasteiger partial charge is 0.314 e. The van der Waals surface area contributed by atoms with Crippen LogP contribution in [0.4, 0.5) is 0 Å². The molecule has 0 amide bonds. The molecule has 2 fully saturated rings. The van der Waals surface area contributed by atoms with Gasteiger partial charge in [-0.2, -0.15) is 0 Å². The lowest BCUT2D eigenvalue weighted by molar-refractivity contribution is 0.0997. The van der Waals surface area contributed by atoms with Gasteiger partial charge >= 0.3 is 0 Å². The van der Waals surface area contributed by atoms with Crippen molar-refractivity contribution in [1.29, 1.82) is 0 Å². The lowest BCUT2D eigenvalue weighted by atomic mass is 9.95. The highest BCUT2D eigenvalue weighted by atomic mass is 15.2. The summed E-state index contributed by atoms with van der Waals surface area (Å²) in [5, 5.41) is 3.67. The van der Waals surface area contributed by atoms with E-state index >= 15 is 0 Å². The van der Waals surface area contributed by atoms with E-state index in [0.29, 0.717) is 6.04 Å². The number of rotatable bonds is 4. The molecule has 3 unspecified atom stereocenters. The Labute approximate surface area is 99.8 Å². The van der Waals surface area contributed by atoms with E-state index in [4.69, 9.17) is 6.42 Å². The van der Waals surface area contributed by atoms with E-state index < -0.39 is 0 Å². The van der Waals surface area contributed by atoms with Gasteiger partial charge in [0.05, 0.1) is 6.04 Å². The molecule has 2 heteroatoms. The van der Waals surface area contributed by atoms with Crippen LogP contribution in [-0.2, 0) is 0 Å². The fourth-order valence-corrected chi connectivity index (χ4v) is 3.45. The van der Waals surface area contributed by atoms with Crippen LogP contribution in [0.2, 0.25) is 0 Å². The Morgan fingerprint density at radius 3 is 2.50 bits per heavy atom. The molecule has 2 heterocycles. The molecule has 0 radical (unpaired) electrons. The van der Waals surface area contributed by atoms with E-state index in [1.54, 1.807) is 0 Å². The summed E-state index contributed by atoms with van der Waals surface area (Å²) < 4.78 is 0. The molecular weight excluding hydrogens is 196 g/mol. The van der Waals surface area contributed by atoms with Crippen LogP contribution in [0.3, 0.4) is 0 Å². The molecule has 1 N–H and O–H groups in total. The Bertz CT molecular complexity index is 254. The first-order chi connectivity index (χ1) is 7.76. The van der Waals surface area contributed by atoms with Crippen LogP contribution in [0, 0.1) is 12.3 Å². The lowest BCUT2D eigenvalue weighted by Crippen LogP contribution is -2.52. The molecule has 0 saturated carbocycles. The van der Waals surface area contributed by atoms with Crippen LogP contribution in [0.5, 0.6) is 0 Å². The number of hydrogen-bond acceptors (Lipinski definition) is 2. The van der Waals surface area contributed by atoms with Crippen LogP contribution >= 0.6 is 0 Å². The Kier molecular flexibility index (Phi) is 3.89. The highest BCUT2D eigenvalue weighted by Crippen LogP contribution is 2.37. The van der Waals surface area contributed by atoms with Gasteiger partial charge in [-0.1, -0.05) is 12.8 Å². The van der Waals surface area contributed by atoms with Gasteiger partial charge in [-0.05, 0) is 45.6 Å². The Balaban J connectivity index is 1.93. The summed E-state index contributed by atoms with van der Waals surface area (Å²) in [6, 6.07) is 2.53. The number of piperidine rings is 1. The highest BCUT2D eigenvalue weighted by molar-refractivity contribution is 5.07. The van der Waals surface area contributed by atoms with Gasteiger partial charge in [0.15, 0.2) is 0 Å². The van der Waals surface area contributed by atoms with Crippen molar-refractivity contribution in [1.82, 2.24) is 10.2 Å². The molecule has 0 aliphatic carbocycles. The van der Waals surface area contributed by atoms with Crippen LogP contribution in [0.25, 0.3) is 0 Å². The third kappa shape index (κ3) is 2.26. The number of terminal acetylenes is 1. The monoisotopic (exact) mass is 220 g/mol. The normalized spacial score (nSPS) is 35.9. The van der Waals surface area contributed by atoms with Crippen molar-refractivity contribution in [3.8, 4) is 12.3 Å². The smallest absolute Gasteiger partial charge is 0.0688 e. The van der Waals surface area contributed by atoms with Gasteiger partial charge < -0.3 is 5.32 Å². The number of hydrogen-bond donors (Lipinski definition) is 1. The van der Waals surface area contributed by atoms with Gasteiger partial charge in [0.2, 0.25) is 0 Å². The molecule has 0 aromatic rings. The summed E-state index contributed by atoms with van der Waals surface area (Å²) in [7, 11) is 0. The van der Waals surface area contributed by atoms with Crippen molar-refractivity contribution in [3.63, 3.8) is 0 Å². The number of nitrogens with one attached hydrogen (secondary N) is 1. The van der Waals surface area contributed by atoms with Gasteiger partial charge in [0.25, 0.3) is 0 Å². The second-order valence-corrected chi connectivity index (χ2v) is 5.30. The average molecular weight is 220 g/mol. The van der Waals surface area contributed by atoms with Crippen molar-refractivity contribution in [2.75, 3.05) is 6.54 Å². The van der Waals surface area contributed by atoms with Gasteiger partial charge in [-0.25, -0.2) is 0 Å². The first-order valence-corrected chi connectivity index (χ1v) is 6.73. The van der Waals surface area contributed by atoms with Crippen LogP contribution < -0.4 is 5.32 Å². The predicted molar refractivity (Wildman–Crippen MR) is 68.3 cm³/mol. The zero-order valence-corrected chi connectivity index (χ0v) is 10.6. The van der Waals surface area contributed by atoms with Gasteiger partial charge in [-0.3, -0.25) is 4.90 Å². The van der Waals surface area contributed by atoms with E-state index in [0.717, 1.165) is 24.7 Å². The summed E-state index contributed by atoms with van der Waals surface area (Å²) in [5.74, 6) is 2.90. The predicted octanol–water partition coefficient (Wildman–Crippen LogP) is 2.00. The summed E-state index contributed by atoms with van der Waals surface area (Å²) in [6.45, 7) is 5.57. The molecule has 16 heavy (non-hydrogen) atoms. The standard InChI is InChI=1S/C14H24N2/c1-4-8-15-12-9-13-6-7-14(10-12)16(13)11(3)5-2/h2,11-15H,4,6-10H2,1,3H3. The van der Waals surface area contributed by atoms with Gasteiger partial charge in [0, 0.05) is 18.1 Å². The van der Waals surface area contributed by atoms with Crippen molar-refractivity contribution >= 4 is 0 Å². The second kappa shape index (κ2) is 5.21. The molecule has 2 rings (SSSR count). The minimum absolute atomic E-state index is 0.324. The molecule has 2 nitrogen and oxygen atoms in total. The summed E-state index contributed by atoms with van der Waals surface area (Å²) in [6.07, 6.45) is 12.1. The molecular formula is C14H24N2. The maximum Gasteiger partial charge on any atom is 0.0688 e. The van der Waals surface area contributed by atoms with Crippen LogP contribution in [0.1, 0.15) is 46.0 Å². The highest BCUT2D eigenvalue weighted by Gasteiger charge is 2.41. The molecule has 2 aliphatic heterocycles. The first kappa shape index (κ1) is 12.0. The minimum Gasteiger partial charge on any atom is -0.314 e. The topological polar surface area (TPSA) is 15.3 Å². The van der Waals surface area contributed by atoms with Gasteiger partial charge in [-0.15, -0.1) is 6.42 Å². The number of nitrogens with zero attached hydrogens (tertiary/aromatic N) is 1.